The van der Waals surface area contributed by atoms with Gasteiger partial charge in [0.05, 0.1) is 16.2 Å². The zero-order valence-corrected chi connectivity index (χ0v) is 16.5. The third-order valence-corrected chi connectivity index (χ3v) is 6.53. The molecule has 0 aliphatic carbocycles. The maximum Gasteiger partial charge on any atom is 0.256 e. The molecule has 5 nitrogen and oxygen atoms in total. The zero-order valence-electron chi connectivity index (χ0n) is 13.5. The third kappa shape index (κ3) is 2.68. The van der Waals surface area contributed by atoms with E-state index in [-0.39, 0.29) is 12.1 Å². The van der Waals surface area contributed by atoms with Gasteiger partial charge in [0.1, 0.15) is 16.9 Å². The summed E-state index contributed by atoms with van der Waals surface area (Å²) in [6, 6.07) is 5.98. The van der Waals surface area contributed by atoms with Crippen LogP contribution in [0.15, 0.2) is 18.2 Å². The minimum absolute atomic E-state index is 0.0293. The van der Waals surface area contributed by atoms with Crippen LogP contribution in [-0.2, 0) is 13.0 Å². The van der Waals surface area contributed by atoms with Crippen LogP contribution in [0.5, 0.6) is 5.75 Å². The summed E-state index contributed by atoms with van der Waals surface area (Å²) < 4.78 is 6.34. The van der Waals surface area contributed by atoms with Gasteiger partial charge in [0, 0.05) is 18.0 Å². The summed E-state index contributed by atoms with van der Waals surface area (Å²) in [5.74, 6) is 0.874. The van der Waals surface area contributed by atoms with Gasteiger partial charge in [-0.3, -0.25) is 4.79 Å². The first-order chi connectivity index (χ1) is 11.6. The first-order valence-corrected chi connectivity index (χ1v) is 9.70. The van der Waals surface area contributed by atoms with Crippen molar-refractivity contribution in [1.29, 1.82) is 0 Å². The number of amides is 1. The lowest BCUT2D eigenvalue weighted by molar-refractivity contribution is 0.0935. The number of benzene rings is 1. The van der Waals surface area contributed by atoms with E-state index in [4.69, 9.17) is 4.74 Å². The number of carbonyl (C=O) groups is 1. The van der Waals surface area contributed by atoms with Gasteiger partial charge in [0.15, 0.2) is 0 Å². The van der Waals surface area contributed by atoms with Crippen LogP contribution in [0.25, 0.3) is 0 Å². The predicted molar refractivity (Wildman–Crippen MR) is 104 cm³/mol. The zero-order chi connectivity index (χ0) is 16.8. The predicted octanol–water partition coefficient (Wildman–Crippen LogP) is 3.20. The minimum Gasteiger partial charge on any atom is -0.496 e. The van der Waals surface area contributed by atoms with Gasteiger partial charge in [-0.25, -0.2) is 0 Å². The number of nitrogens with zero attached hydrogens (tertiary/aromatic N) is 1. The van der Waals surface area contributed by atoms with Crippen molar-refractivity contribution in [2.75, 3.05) is 26.0 Å². The molecule has 2 aliphatic heterocycles. The summed E-state index contributed by atoms with van der Waals surface area (Å²) in [4.78, 5) is 16.3. The molecule has 0 radical (unpaired) electrons. The molecular weight excluding hydrogens is 437 g/mol. The fourth-order valence-electron chi connectivity index (χ4n) is 3.27. The number of methoxy groups -OCH3 is 1. The molecule has 1 aromatic heterocycles. The van der Waals surface area contributed by atoms with Crippen LogP contribution in [0.2, 0.25) is 0 Å². The highest BCUT2D eigenvalue weighted by molar-refractivity contribution is 14.1. The van der Waals surface area contributed by atoms with Crippen molar-refractivity contribution < 1.29 is 9.53 Å². The van der Waals surface area contributed by atoms with E-state index < -0.39 is 0 Å². The van der Waals surface area contributed by atoms with Crippen LogP contribution in [0.1, 0.15) is 32.5 Å². The first kappa shape index (κ1) is 16.2. The Labute approximate surface area is 158 Å². The van der Waals surface area contributed by atoms with Crippen molar-refractivity contribution in [1.82, 2.24) is 10.2 Å². The smallest absolute Gasteiger partial charge is 0.256 e. The van der Waals surface area contributed by atoms with Crippen LogP contribution in [0.3, 0.4) is 0 Å². The van der Waals surface area contributed by atoms with Crippen LogP contribution in [-0.4, -0.2) is 31.5 Å². The van der Waals surface area contributed by atoms with Gasteiger partial charge in [-0.1, -0.05) is 6.07 Å². The van der Waals surface area contributed by atoms with E-state index in [9.17, 15) is 4.79 Å². The number of halogens is 1. The number of fused-ring (bicyclic) bond motifs is 3. The Bertz CT molecular complexity index is 820. The molecule has 0 spiro atoms. The summed E-state index contributed by atoms with van der Waals surface area (Å²) >= 11 is 3.97. The quantitative estimate of drug-likeness (QED) is 0.684. The number of anilines is 1. The molecule has 24 heavy (non-hydrogen) atoms. The van der Waals surface area contributed by atoms with Crippen molar-refractivity contribution in [3.05, 3.63) is 43.3 Å². The molecule has 7 heteroatoms. The summed E-state index contributed by atoms with van der Waals surface area (Å²) in [6.45, 7) is 1.93. The minimum atomic E-state index is -0.206. The highest BCUT2D eigenvalue weighted by Gasteiger charge is 2.32. The van der Waals surface area contributed by atoms with Gasteiger partial charge in [0.2, 0.25) is 0 Å². The second-order valence-corrected chi connectivity index (χ2v) is 8.41. The molecule has 2 N–H and O–H groups in total. The van der Waals surface area contributed by atoms with Crippen LogP contribution >= 0.6 is 33.9 Å². The topological polar surface area (TPSA) is 53.6 Å². The lowest BCUT2D eigenvalue weighted by atomic mass is 10.0. The number of likely N-dealkylation sites (N-methyl/N-ethyl adjacent to an activating group) is 1. The fraction of sp³-hybridized carbons (Fsp3) is 0.353. The Morgan fingerprint density at radius 3 is 2.96 bits per heavy atom. The van der Waals surface area contributed by atoms with Crippen molar-refractivity contribution in [2.24, 2.45) is 0 Å². The van der Waals surface area contributed by atoms with E-state index in [2.05, 4.69) is 45.2 Å². The lowest BCUT2D eigenvalue weighted by Crippen LogP contribution is -2.38. The summed E-state index contributed by atoms with van der Waals surface area (Å²) in [5, 5.41) is 7.60. The maximum absolute atomic E-state index is 12.7. The summed E-state index contributed by atoms with van der Waals surface area (Å²) in [7, 11) is 3.79. The Morgan fingerprint density at radius 2 is 2.21 bits per heavy atom. The number of hydrogen-bond donors (Lipinski definition) is 2. The van der Waals surface area contributed by atoms with Crippen molar-refractivity contribution in [3.63, 3.8) is 0 Å². The van der Waals surface area contributed by atoms with Gasteiger partial charge in [0.25, 0.3) is 5.91 Å². The molecule has 1 amide bonds. The van der Waals surface area contributed by atoms with Crippen LogP contribution in [0, 0.1) is 3.57 Å². The molecule has 4 rings (SSSR count). The number of rotatable bonds is 2. The van der Waals surface area contributed by atoms with Gasteiger partial charge in [-0.05, 0) is 59.3 Å². The molecule has 2 aliphatic rings. The van der Waals surface area contributed by atoms with E-state index >= 15 is 0 Å². The first-order valence-electron chi connectivity index (χ1n) is 7.80. The Morgan fingerprint density at radius 1 is 1.38 bits per heavy atom. The fourth-order valence-corrected chi connectivity index (χ4v) is 5.39. The van der Waals surface area contributed by atoms with E-state index in [1.807, 2.05) is 18.2 Å². The van der Waals surface area contributed by atoms with E-state index in [0.717, 1.165) is 45.0 Å². The Hall–Kier alpha value is -1.32. The molecule has 0 unspecified atom stereocenters. The molecule has 1 aromatic carbocycles. The number of ether oxygens (including phenoxy) is 1. The van der Waals surface area contributed by atoms with Crippen LogP contribution in [0.4, 0.5) is 5.00 Å². The van der Waals surface area contributed by atoms with E-state index in [0.29, 0.717) is 0 Å². The molecule has 126 valence electrons. The van der Waals surface area contributed by atoms with Crippen molar-refractivity contribution in [3.8, 4) is 5.75 Å². The molecular formula is C17H18IN3O2S. The van der Waals surface area contributed by atoms with Gasteiger partial charge in [-0.15, -0.1) is 11.3 Å². The Kier molecular flexibility index (Phi) is 4.17. The average molecular weight is 455 g/mol. The van der Waals surface area contributed by atoms with E-state index in [1.54, 1.807) is 18.4 Å². The second-order valence-electron chi connectivity index (χ2n) is 6.14. The van der Waals surface area contributed by atoms with Gasteiger partial charge < -0.3 is 20.3 Å². The second kappa shape index (κ2) is 6.20. The maximum atomic E-state index is 12.7. The van der Waals surface area contributed by atoms with Crippen molar-refractivity contribution >= 4 is 44.8 Å². The molecule has 0 bridgehead atoms. The SMILES string of the molecule is COc1ccc([C@H]2NC(=O)c3c(sc4c3CCN(C)C4)N2)cc1I. The highest BCUT2D eigenvalue weighted by atomic mass is 127. The summed E-state index contributed by atoms with van der Waals surface area (Å²) in [6.07, 6.45) is 0.736. The average Bonchev–Trinajstić information content (AvgIpc) is 2.92. The number of carbonyl (C=O) groups excluding carboxylic acids is 1. The summed E-state index contributed by atoms with van der Waals surface area (Å²) in [5.41, 5.74) is 3.10. The lowest BCUT2D eigenvalue weighted by Gasteiger charge is -2.27. The largest absolute Gasteiger partial charge is 0.496 e. The number of hydrogen-bond acceptors (Lipinski definition) is 5. The molecule has 0 saturated heterocycles. The standard InChI is InChI=1S/C17H18IN3O2S/c1-21-6-5-10-13(8-21)24-17-14(10)16(22)19-15(20-17)9-3-4-12(23-2)11(18)7-9/h3-4,7,15,20H,5-6,8H2,1-2H3,(H,19,22)/t15-/m0/s1. The molecule has 2 aromatic rings. The van der Waals surface area contributed by atoms with Crippen molar-refractivity contribution in [2.45, 2.75) is 19.1 Å². The number of nitrogens with one attached hydrogen (secondary N) is 2. The van der Waals surface area contributed by atoms with E-state index in [1.165, 1.54) is 10.4 Å². The monoisotopic (exact) mass is 455 g/mol. The molecule has 0 fully saturated rings. The third-order valence-electron chi connectivity index (χ3n) is 4.53. The molecule has 1 atom stereocenters. The number of thiophene rings is 1. The Balaban J connectivity index is 1.67. The van der Waals surface area contributed by atoms with Gasteiger partial charge >= 0.3 is 0 Å². The van der Waals surface area contributed by atoms with Crippen LogP contribution < -0.4 is 15.4 Å². The highest BCUT2D eigenvalue weighted by Crippen LogP contribution is 2.40. The molecule has 3 heterocycles. The molecule has 0 saturated carbocycles. The normalized spacial score (nSPS) is 20.0. The van der Waals surface area contributed by atoms with Gasteiger partial charge in [-0.2, -0.15) is 0 Å².